The minimum Gasteiger partial charge on any atom is -0.481 e. The molecule has 1 aliphatic carbocycles. The zero-order valence-corrected chi connectivity index (χ0v) is 13.7. The first-order valence-electron chi connectivity index (χ1n) is 8.77. The highest BCUT2D eigenvalue weighted by molar-refractivity contribution is 5.80. The number of hydrogen-bond donors (Lipinski definition) is 1. The Morgan fingerprint density at radius 3 is 2.52 bits per heavy atom. The molecule has 0 aromatic heterocycles. The molecule has 0 bridgehead atoms. The van der Waals surface area contributed by atoms with E-state index in [9.17, 15) is 14.7 Å². The summed E-state index contributed by atoms with van der Waals surface area (Å²) in [6, 6.07) is 0. The van der Waals surface area contributed by atoms with Crippen molar-refractivity contribution in [3.05, 3.63) is 0 Å². The van der Waals surface area contributed by atoms with Gasteiger partial charge in [0.1, 0.15) is 0 Å². The topological polar surface area (TPSA) is 76.1 Å². The summed E-state index contributed by atoms with van der Waals surface area (Å²) in [5, 5.41) is 9.23. The van der Waals surface area contributed by atoms with Crippen LogP contribution in [0.3, 0.4) is 0 Å². The minimum absolute atomic E-state index is 0.0191. The molecule has 2 unspecified atom stereocenters. The van der Waals surface area contributed by atoms with Crippen molar-refractivity contribution in [1.82, 2.24) is 4.90 Å². The number of hydrogen-bond acceptors (Lipinski definition) is 4. The average molecular weight is 325 g/mol. The Balaban J connectivity index is 1.66. The lowest BCUT2D eigenvalue weighted by molar-refractivity contribution is -0.146. The molecule has 2 atom stereocenters. The van der Waals surface area contributed by atoms with Crippen LogP contribution < -0.4 is 0 Å². The SMILES string of the molecule is O=C(O)C1CCCC(C(=O)N2CCOCC3(CCOCC3)C2)C1. The molecule has 6 nitrogen and oxygen atoms in total. The Bertz CT molecular complexity index is 446. The van der Waals surface area contributed by atoms with Crippen molar-refractivity contribution in [2.45, 2.75) is 38.5 Å². The molecule has 1 amide bonds. The lowest BCUT2D eigenvalue weighted by Crippen LogP contribution is -2.47. The van der Waals surface area contributed by atoms with Gasteiger partial charge in [-0.15, -0.1) is 0 Å². The predicted molar refractivity (Wildman–Crippen MR) is 83.0 cm³/mol. The van der Waals surface area contributed by atoms with E-state index >= 15 is 0 Å². The van der Waals surface area contributed by atoms with Crippen molar-refractivity contribution < 1.29 is 24.2 Å². The number of amides is 1. The fourth-order valence-electron chi connectivity index (χ4n) is 4.18. The molecule has 2 aliphatic heterocycles. The molecule has 2 saturated heterocycles. The van der Waals surface area contributed by atoms with E-state index in [0.717, 1.165) is 45.4 Å². The van der Waals surface area contributed by atoms with Crippen LogP contribution in [-0.2, 0) is 19.1 Å². The second kappa shape index (κ2) is 7.18. The molecule has 3 rings (SSSR count). The number of ether oxygens (including phenoxy) is 2. The quantitative estimate of drug-likeness (QED) is 0.833. The van der Waals surface area contributed by atoms with E-state index in [2.05, 4.69) is 0 Å². The molecule has 0 aromatic carbocycles. The molecule has 1 spiro atoms. The first-order chi connectivity index (χ1) is 11.1. The summed E-state index contributed by atoms with van der Waals surface area (Å²) in [4.78, 5) is 26.1. The van der Waals surface area contributed by atoms with E-state index in [1.165, 1.54) is 0 Å². The van der Waals surface area contributed by atoms with Gasteiger partial charge in [0.15, 0.2) is 0 Å². The fourth-order valence-corrected chi connectivity index (χ4v) is 4.18. The molecule has 130 valence electrons. The molecular formula is C17H27NO5. The Kier molecular flexibility index (Phi) is 5.21. The van der Waals surface area contributed by atoms with E-state index in [1.54, 1.807) is 0 Å². The summed E-state index contributed by atoms with van der Waals surface area (Å²) in [5.74, 6) is -1.13. The van der Waals surface area contributed by atoms with Gasteiger partial charge in [0.2, 0.25) is 5.91 Å². The van der Waals surface area contributed by atoms with Crippen LogP contribution in [-0.4, -0.2) is 61.4 Å². The smallest absolute Gasteiger partial charge is 0.306 e. The molecule has 0 aromatic rings. The van der Waals surface area contributed by atoms with Crippen molar-refractivity contribution in [3.63, 3.8) is 0 Å². The standard InChI is InChI=1S/C17H27NO5/c19-15(13-2-1-3-14(10-13)16(20)21)18-6-9-23-12-17(11-18)4-7-22-8-5-17/h13-14H,1-12H2,(H,20,21). The fraction of sp³-hybridized carbons (Fsp3) is 0.882. The van der Waals surface area contributed by atoms with Crippen LogP contribution >= 0.6 is 0 Å². The molecule has 6 heteroatoms. The van der Waals surface area contributed by atoms with Gasteiger partial charge >= 0.3 is 5.97 Å². The van der Waals surface area contributed by atoms with Gasteiger partial charge in [0, 0.05) is 37.6 Å². The third-order valence-electron chi connectivity index (χ3n) is 5.68. The van der Waals surface area contributed by atoms with Gasteiger partial charge in [-0.2, -0.15) is 0 Å². The lowest BCUT2D eigenvalue weighted by Gasteiger charge is -2.39. The summed E-state index contributed by atoms with van der Waals surface area (Å²) in [7, 11) is 0. The number of rotatable bonds is 2. The summed E-state index contributed by atoms with van der Waals surface area (Å²) in [5.41, 5.74) is 0.0191. The first-order valence-corrected chi connectivity index (χ1v) is 8.77. The molecule has 2 heterocycles. The minimum atomic E-state index is -0.761. The number of carbonyl (C=O) groups excluding carboxylic acids is 1. The zero-order valence-electron chi connectivity index (χ0n) is 13.7. The van der Waals surface area contributed by atoms with Crippen LogP contribution in [0.2, 0.25) is 0 Å². The molecular weight excluding hydrogens is 298 g/mol. The van der Waals surface area contributed by atoms with E-state index in [-0.39, 0.29) is 23.2 Å². The Labute approximate surface area is 137 Å². The van der Waals surface area contributed by atoms with Crippen LogP contribution in [0.5, 0.6) is 0 Å². The molecule has 3 aliphatic rings. The Morgan fingerprint density at radius 1 is 1.04 bits per heavy atom. The largest absolute Gasteiger partial charge is 0.481 e. The van der Waals surface area contributed by atoms with E-state index in [1.807, 2.05) is 4.90 Å². The van der Waals surface area contributed by atoms with Crippen molar-refractivity contribution in [2.24, 2.45) is 17.3 Å². The van der Waals surface area contributed by atoms with Gasteiger partial charge in [-0.05, 0) is 32.1 Å². The first kappa shape index (κ1) is 16.7. The van der Waals surface area contributed by atoms with E-state index in [4.69, 9.17) is 9.47 Å². The molecule has 3 fully saturated rings. The predicted octanol–water partition coefficient (Wildman–Crippen LogP) is 1.53. The third kappa shape index (κ3) is 3.86. The number of carboxylic acid groups (broad SMARTS) is 1. The van der Waals surface area contributed by atoms with Crippen LogP contribution in [0.25, 0.3) is 0 Å². The van der Waals surface area contributed by atoms with Crippen molar-refractivity contribution in [3.8, 4) is 0 Å². The Hall–Kier alpha value is -1.14. The summed E-state index contributed by atoms with van der Waals surface area (Å²) in [6.45, 7) is 4.08. The maximum atomic E-state index is 12.9. The third-order valence-corrected chi connectivity index (χ3v) is 5.68. The van der Waals surface area contributed by atoms with Gasteiger partial charge in [-0.1, -0.05) is 6.42 Å². The highest BCUT2D eigenvalue weighted by atomic mass is 16.5. The van der Waals surface area contributed by atoms with Crippen LogP contribution in [0.1, 0.15) is 38.5 Å². The van der Waals surface area contributed by atoms with E-state index < -0.39 is 5.97 Å². The average Bonchev–Trinajstić information content (AvgIpc) is 2.78. The van der Waals surface area contributed by atoms with Crippen molar-refractivity contribution in [1.29, 1.82) is 0 Å². The van der Waals surface area contributed by atoms with Crippen LogP contribution in [0.4, 0.5) is 0 Å². The van der Waals surface area contributed by atoms with Gasteiger partial charge in [0.25, 0.3) is 0 Å². The summed E-state index contributed by atoms with van der Waals surface area (Å²) >= 11 is 0. The second-order valence-electron chi connectivity index (χ2n) is 7.32. The zero-order chi connectivity index (χ0) is 16.3. The van der Waals surface area contributed by atoms with Crippen LogP contribution in [0.15, 0.2) is 0 Å². The number of aliphatic carboxylic acids is 1. The van der Waals surface area contributed by atoms with Crippen LogP contribution in [0, 0.1) is 17.3 Å². The number of nitrogens with zero attached hydrogens (tertiary/aromatic N) is 1. The van der Waals surface area contributed by atoms with E-state index in [0.29, 0.717) is 32.6 Å². The number of carbonyl (C=O) groups is 2. The monoisotopic (exact) mass is 325 g/mol. The van der Waals surface area contributed by atoms with Gasteiger partial charge in [0.05, 0.1) is 19.1 Å². The summed E-state index contributed by atoms with van der Waals surface area (Å²) < 4.78 is 11.2. The molecule has 1 saturated carbocycles. The molecule has 1 N–H and O–H groups in total. The van der Waals surface area contributed by atoms with Gasteiger partial charge in [-0.3, -0.25) is 9.59 Å². The normalized spacial score (nSPS) is 31.6. The second-order valence-corrected chi connectivity index (χ2v) is 7.32. The molecule has 23 heavy (non-hydrogen) atoms. The highest BCUT2D eigenvalue weighted by Gasteiger charge is 2.40. The highest BCUT2D eigenvalue weighted by Crippen LogP contribution is 2.36. The number of carboxylic acids is 1. The Morgan fingerprint density at radius 2 is 1.78 bits per heavy atom. The summed E-state index contributed by atoms with van der Waals surface area (Å²) in [6.07, 6.45) is 4.69. The van der Waals surface area contributed by atoms with Gasteiger partial charge in [-0.25, -0.2) is 0 Å². The van der Waals surface area contributed by atoms with Gasteiger partial charge < -0.3 is 19.5 Å². The van der Waals surface area contributed by atoms with Crippen molar-refractivity contribution in [2.75, 3.05) is 39.5 Å². The van der Waals surface area contributed by atoms with Crippen molar-refractivity contribution >= 4 is 11.9 Å². The lowest BCUT2D eigenvalue weighted by atomic mass is 9.78. The molecule has 0 radical (unpaired) electrons. The maximum absolute atomic E-state index is 12.9. The maximum Gasteiger partial charge on any atom is 0.306 e.